The van der Waals surface area contributed by atoms with Crippen molar-refractivity contribution in [1.29, 1.82) is 0 Å². The summed E-state index contributed by atoms with van der Waals surface area (Å²) in [5.41, 5.74) is 0. The molecule has 0 bridgehead atoms. The zero-order chi connectivity index (χ0) is 6.85. The topological polar surface area (TPSA) is 27.7 Å². The Balaban J connectivity index is 2.34. The molecule has 0 aromatic rings. The van der Waals surface area contributed by atoms with Crippen LogP contribution in [0.25, 0.3) is 0 Å². The monoisotopic (exact) mass is 180 g/mol. The molecule has 1 heterocycles. The van der Waals surface area contributed by atoms with E-state index in [-0.39, 0.29) is 0 Å². The fraction of sp³-hybridized carbons (Fsp3) is 0. The summed E-state index contributed by atoms with van der Waals surface area (Å²) in [5.74, 6) is 0. The first kappa shape index (κ1) is 8.22. The molecule has 1 aliphatic rings. The molecule has 48 valence electrons. The third kappa shape index (κ3) is 2.69. The van der Waals surface area contributed by atoms with E-state index in [1.54, 1.807) is 0 Å². The van der Waals surface area contributed by atoms with Crippen molar-refractivity contribution in [1.82, 2.24) is 0 Å². The van der Waals surface area contributed by atoms with Gasteiger partial charge in [-0.05, 0) is 0 Å². The average molecular weight is 180 g/mol. The number of thiol groups is 3. The lowest BCUT2D eigenvalue weighted by Crippen LogP contribution is -2.41. The van der Waals surface area contributed by atoms with Crippen molar-refractivity contribution in [3.8, 4) is 0 Å². The second kappa shape index (κ2) is 3.50. The Morgan fingerprint density at radius 2 is 0.889 bits per heavy atom. The second-order valence-electron chi connectivity index (χ2n) is 1.33. The predicted octanol–water partition coefficient (Wildman–Crippen LogP) is -0.206. The molecule has 9 heteroatoms. The highest BCUT2D eigenvalue weighted by Crippen LogP contribution is 2.13. The maximum atomic E-state index is 4.79. The molecular formula is H3B3O3S3. The van der Waals surface area contributed by atoms with Gasteiger partial charge in [-0.25, -0.2) is 0 Å². The zero-order valence-corrected chi connectivity index (χ0v) is 6.98. The van der Waals surface area contributed by atoms with E-state index in [4.69, 9.17) is 13.7 Å². The first-order chi connectivity index (χ1) is 4.18. The highest BCUT2D eigenvalue weighted by Gasteiger charge is 2.35. The third-order valence-corrected chi connectivity index (χ3v) is 1.43. The molecule has 0 aromatic carbocycles. The molecule has 0 amide bonds. The van der Waals surface area contributed by atoms with Gasteiger partial charge in [0, 0.05) is 0 Å². The van der Waals surface area contributed by atoms with Crippen LogP contribution in [-0.4, -0.2) is 19.2 Å². The van der Waals surface area contributed by atoms with Gasteiger partial charge >= 0.3 is 19.2 Å². The van der Waals surface area contributed by atoms with E-state index in [0.717, 1.165) is 0 Å². The zero-order valence-electron chi connectivity index (χ0n) is 4.30. The quantitative estimate of drug-likeness (QED) is 0.355. The fourth-order valence-corrected chi connectivity index (χ4v) is 1.35. The van der Waals surface area contributed by atoms with E-state index < -0.39 is 19.2 Å². The summed E-state index contributed by atoms with van der Waals surface area (Å²) in [7, 11) is 0. The minimum Gasteiger partial charge on any atom is -0.434 e. The highest BCUT2D eigenvalue weighted by atomic mass is 32.1. The van der Waals surface area contributed by atoms with Gasteiger partial charge in [-0.15, -0.1) is 0 Å². The largest absolute Gasteiger partial charge is 0.502 e. The Labute approximate surface area is 70.5 Å². The van der Waals surface area contributed by atoms with Gasteiger partial charge in [0.1, 0.15) is 0 Å². The van der Waals surface area contributed by atoms with Crippen molar-refractivity contribution < 1.29 is 13.7 Å². The lowest BCUT2D eigenvalue weighted by molar-refractivity contribution is 0.330. The van der Waals surface area contributed by atoms with E-state index in [2.05, 4.69) is 37.4 Å². The van der Waals surface area contributed by atoms with E-state index >= 15 is 0 Å². The van der Waals surface area contributed by atoms with E-state index in [9.17, 15) is 0 Å². The minimum absolute atomic E-state index is 0.594. The van der Waals surface area contributed by atoms with Crippen molar-refractivity contribution in [2.24, 2.45) is 0 Å². The molecule has 1 fully saturated rings. The predicted molar refractivity (Wildman–Crippen MR) is 47.5 cm³/mol. The van der Waals surface area contributed by atoms with E-state index in [0.29, 0.717) is 0 Å². The summed E-state index contributed by atoms with van der Waals surface area (Å²) in [4.78, 5) is 0. The van der Waals surface area contributed by atoms with Crippen LogP contribution in [0.15, 0.2) is 0 Å². The van der Waals surface area contributed by atoms with Crippen LogP contribution >= 0.6 is 37.4 Å². The van der Waals surface area contributed by atoms with Crippen molar-refractivity contribution in [3.63, 3.8) is 0 Å². The second-order valence-corrected chi connectivity index (χ2v) is 2.59. The van der Waals surface area contributed by atoms with Crippen LogP contribution in [0.5, 0.6) is 0 Å². The van der Waals surface area contributed by atoms with Gasteiger partial charge < -0.3 is 13.7 Å². The van der Waals surface area contributed by atoms with Crippen LogP contribution in [0.4, 0.5) is 0 Å². The fourth-order valence-electron chi connectivity index (χ4n) is 0.395. The van der Waals surface area contributed by atoms with Gasteiger partial charge in [-0.1, -0.05) is 0 Å². The maximum Gasteiger partial charge on any atom is 0.502 e. The molecule has 0 aromatic heterocycles. The standard InChI is InChI=1S/B3H3O3S3/c7-1-4-2(8)6-3(9)5-1/h7-9H. The smallest absolute Gasteiger partial charge is 0.434 e. The number of rotatable bonds is 0. The Bertz CT molecular complexity index is 75.3. The van der Waals surface area contributed by atoms with Gasteiger partial charge in [0.2, 0.25) is 0 Å². The van der Waals surface area contributed by atoms with Crippen LogP contribution in [-0.2, 0) is 13.7 Å². The normalized spacial score (nSPS) is 21.0. The highest BCUT2D eigenvalue weighted by molar-refractivity contribution is 8.15. The molecule has 0 atom stereocenters. The van der Waals surface area contributed by atoms with Crippen molar-refractivity contribution in [3.05, 3.63) is 0 Å². The van der Waals surface area contributed by atoms with Crippen LogP contribution in [0.2, 0.25) is 0 Å². The summed E-state index contributed by atoms with van der Waals surface area (Å²) in [6, 6.07) is 0. The Kier molecular flexibility index (Phi) is 3.20. The average Bonchev–Trinajstić information content (AvgIpc) is 1.59. The third-order valence-electron chi connectivity index (χ3n) is 0.698. The molecule has 0 spiro atoms. The minimum atomic E-state index is -0.594. The van der Waals surface area contributed by atoms with Gasteiger partial charge in [0.05, 0.1) is 0 Å². The molecule has 1 saturated heterocycles. The molecule has 1 rings (SSSR count). The lowest BCUT2D eigenvalue weighted by Gasteiger charge is -2.22. The van der Waals surface area contributed by atoms with Crippen LogP contribution in [0.3, 0.4) is 0 Å². The van der Waals surface area contributed by atoms with E-state index in [1.807, 2.05) is 0 Å². The van der Waals surface area contributed by atoms with Crippen molar-refractivity contribution >= 4 is 56.6 Å². The number of hydrogen-bond acceptors (Lipinski definition) is 6. The van der Waals surface area contributed by atoms with E-state index in [1.165, 1.54) is 0 Å². The SMILES string of the molecule is SB1OB(S)OB(S)O1. The molecule has 3 nitrogen and oxygen atoms in total. The van der Waals surface area contributed by atoms with Crippen molar-refractivity contribution in [2.45, 2.75) is 0 Å². The molecule has 0 saturated carbocycles. The molecule has 0 N–H and O–H groups in total. The van der Waals surface area contributed by atoms with Crippen LogP contribution in [0, 0.1) is 0 Å². The summed E-state index contributed by atoms with van der Waals surface area (Å²) < 4.78 is 14.4. The molecular weight excluding hydrogens is 177 g/mol. The molecule has 0 radical (unpaired) electrons. The first-order valence-corrected chi connectivity index (χ1v) is 3.74. The molecule has 1 aliphatic heterocycles. The maximum absolute atomic E-state index is 4.79. The van der Waals surface area contributed by atoms with Gasteiger partial charge in [0.25, 0.3) is 0 Å². The van der Waals surface area contributed by atoms with Gasteiger partial charge in [-0.2, -0.15) is 37.4 Å². The lowest BCUT2D eigenvalue weighted by atomic mass is 10.1. The van der Waals surface area contributed by atoms with Gasteiger partial charge in [-0.3, -0.25) is 0 Å². The summed E-state index contributed by atoms with van der Waals surface area (Å²) >= 11 is 11.6. The number of hydrogen-bond donors (Lipinski definition) is 3. The molecule has 0 aliphatic carbocycles. The summed E-state index contributed by atoms with van der Waals surface area (Å²) in [6.45, 7) is 0. The Morgan fingerprint density at radius 3 is 1.11 bits per heavy atom. The summed E-state index contributed by atoms with van der Waals surface area (Å²) in [5, 5.41) is 0. The van der Waals surface area contributed by atoms with Crippen LogP contribution in [0.1, 0.15) is 0 Å². The molecule has 0 unspecified atom stereocenters. The molecule has 9 heavy (non-hydrogen) atoms. The Hall–Kier alpha value is 1.12. The summed E-state index contributed by atoms with van der Waals surface area (Å²) in [6.07, 6.45) is -1.78. The Morgan fingerprint density at radius 1 is 0.667 bits per heavy atom. The van der Waals surface area contributed by atoms with Gasteiger partial charge in [0.15, 0.2) is 0 Å². The van der Waals surface area contributed by atoms with Crippen molar-refractivity contribution in [2.75, 3.05) is 0 Å². The van der Waals surface area contributed by atoms with Crippen LogP contribution < -0.4 is 0 Å². The first-order valence-electron chi connectivity index (χ1n) is 2.19.